The maximum absolute atomic E-state index is 11.9. The van der Waals surface area contributed by atoms with Crippen LogP contribution in [0.5, 0.6) is 0 Å². The zero-order valence-corrected chi connectivity index (χ0v) is 10.2. The molecule has 0 saturated carbocycles. The highest BCUT2D eigenvalue weighted by Crippen LogP contribution is 2.16. The predicted molar refractivity (Wildman–Crippen MR) is 67.4 cm³/mol. The molecule has 0 aliphatic heterocycles. The number of anilines is 1. The van der Waals surface area contributed by atoms with Gasteiger partial charge in [0.25, 0.3) is 0 Å². The van der Waals surface area contributed by atoms with Crippen LogP contribution >= 0.6 is 0 Å². The lowest BCUT2D eigenvalue weighted by molar-refractivity contribution is -0.119. The number of carbonyl (C=O) groups excluding carboxylic acids is 1. The number of amides is 1. The van der Waals surface area contributed by atoms with E-state index in [-0.39, 0.29) is 11.8 Å². The Kier molecular flexibility index (Phi) is 4.68. The van der Waals surface area contributed by atoms with Gasteiger partial charge in [-0.25, -0.2) is 0 Å². The van der Waals surface area contributed by atoms with Crippen LogP contribution in [0.15, 0.2) is 24.3 Å². The summed E-state index contributed by atoms with van der Waals surface area (Å²) in [5.41, 5.74) is 6.78. The van der Waals surface area contributed by atoms with Crippen molar-refractivity contribution in [3.63, 3.8) is 0 Å². The van der Waals surface area contributed by atoms with E-state index in [1.165, 1.54) is 0 Å². The summed E-state index contributed by atoms with van der Waals surface area (Å²) in [5, 5.41) is 8.80. The summed E-state index contributed by atoms with van der Waals surface area (Å²) in [6, 6.07) is 9.05. The van der Waals surface area contributed by atoms with Gasteiger partial charge < -0.3 is 10.6 Å². The van der Waals surface area contributed by atoms with Crippen molar-refractivity contribution in [2.75, 3.05) is 18.5 Å². The number of rotatable bonds is 4. The molecule has 90 valence electrons. The van der Waals surface area contributed by atoms with Crippen LogP contribution in [0.4, 0.5) is 5.69 Å². The Morgan fingerprint density at radius 2 is 2.29 bits per heavy atom. The van der Waals surface area contributed by atoms with E-state index in [9.17, 15) is 4.79 Å². The second-order valence-corrected chi connectivity index (χ2v) is 4.16. The maximum Gasteiger partial charge on any atom is 0.227 e. The van der Waals surface area contributed by atoms with Crippen molar-refractivity contribution in [2.45, 2.75) is 13.3 Å². The van der Waals surface area contributed by atoms with Gasteiger partial charge in [-0.1, -0.05) is 13.0 Å². The van der Waals surface area contributed by atoms with E-state index < -0.39 is 0 Å². The zero-order valence-electron chi connectivity index (χ0n) is 10.2. The van der Waals surface area contributed by atoms with Crippen molar-refractivity contribution >= 4 is 11.6 Å². The summed E-state index contributed by atoms with van der Waals surface area (Å²) in [6.45, 7) is 2.44. The van der Waals surface area contributed by atoms with Crippen LogP contribution < -0.4 is 10.6 Å². The first-order valence-corrected chi connectivity index (χ1v) is 5.55. The average Bonchev–Trinajstić information content (AvgIpc) is 2.37. The van der Waals surface area contributed by atoms with E-state index in [1.54, 1.807) is 30.1 Å². The molecule has 2 N–H and O–H groups in total. The zero-order chi connectivity index (χ0) is 12.8. The summed E-state index contributed by atoms with van der Waals surface area (Å²) in [6.07, 6.45) is 0.420. The highest BCUT2D eigenvalue weighted by atomic mass is 16.2. The molecule has 0 spiro atoms. The van der Waals surface area contributed by atoms with Gasteiger partial charge in [0, 0.05) is 19.2 Å². The van der Waals surface area contributed by atoms with Gasteiger partial charge in [-0.2, -0.15) is 5.26 Å². The van der Waals surface area contributed by atoms with Crippen LogP contribution in [-0.2, 0) is 4.79 Å². The molecule has 1 atom stereocenters. The van der Waals surface area contributed by atoms with Crippen molar-refractivity contribution in [3.05, 3.63) is 29.8 Å². The average molecular weight is 231 g/mol. The number of carbonyl (C=O) groups is 1. The van der Waals surface area contributed by atoms with E-state index in [0.29, 0.717) is 18.5 Å². The third-order valence-corrected chi connectivity index (χ3v) is 2.66. The number of nitrogens with zero attached hydrogens (tertiary/aromatic N) is 2. The quantitative estimate of drug-likeness (QED) is 0.853. The van der Waals surface area contributed by atoms with Gasteiger partial charge in [0.1, 0.15) is 0 Å². The van der Waals surface area contributed by atoms with Crippen molar-refractivity contribution in [1.82, 2.24) is 0 Å². The summed E-state index contributed by atoms with van der Waals surface area (Å²) in [4.78, 5) is 13.5. The second kappa shape index (κ2) is 6.02. The second-order valence-electron chi connectivity index (χ2n) is 4.16. The number of nitriles is 1. The fourth-order valence-electron chi connectivity index (χ4n) is 1.45. The van der Waals surface area contributed by atoms with Crippen LogP contribution in [0.25, 0.3) is 0 Å². The lowest BCUT2D eigenvalue weighted by Gasteiger charge is -2.19. The molecular weight excluding hydrogens is 214 g/mol. The minimum Gasteiger partial charge on any atom is -0.330 e. The third-order valence-electron chi connectivity index (χ3n) is 2.66. The molecule has 0 saturated heterocycles. The molecule has 1 aromatic rings. The Bertz CT molecular complexity index is 437. The lowest BCUT2D eigenvalue weighted by Crippen LogP contribution is -2.29. The monoisotopic (exact) mass is 231 g/mol. The Morgan fingerprint density at radius 3 is 2.88 bits per heavy atom. The van der Waals surface area contributed by atoms with E-state index in [2.05, 4.69) is 6.07 Å². The Balaban J connectivity index is 2.78. The summed E-state index contributed by atoms with van der Waals surface area (Å²) in [5.74, 6) is 0.183. The number of nitrogens with two attached hydrogens (primary N) is 1. The van der Waals surface area contributed by atoms with E-state index in [4.69, 9.17) is 11.0 Å². The molecule has 1 rings (SSSR count). The molecule has 1 amide bonds. The molecular formula is C13H17N3O. The molecule has 0 heterocycles. The topological polar surface area (TPSA) is 70.1 Å². The third kappa shape index (κ3) is 3.58. The van der Waals surface area contributed by atoms with E-state index in [1.807, 2.05) is 13.0 Å². The standard InChI is InChI=1S/C13H17N3O/c1-10(8-14)6-13(17)16(2)12-5-3-4-11(7-12)9-15/h3-5,7,10H,6,8,14H2,1-2H3. The Labute approximate surface area is 102 Å². The Morgan fingerprint density at radius 1 is 1.59 bits per heavy atom. The molecule has 0 radical (unpaired) electrons. The molecule has 1 aromatic carbocycles. The Hall–Kier alpha value is -1.86. The normalized spacial score (nSPS) is 11.6. The molecule has 4 heteroatoms. The first-order chi connectivity index (χ1) is 8.08. The fourth-order valence-corrected chi connectivity index (χ4v) is 1.45. The first kappa shape index (κ1) is 13.2. The summed E-state index contributed by atoms with van der Waals surface area (Å²) < 4.78 is 0. The largest absolute Gasteiger partial charge is 0.330 e. The first-order valence-electron chi connectivity index (χ1n) is 5.55. The number of hydrogen-bond acceptors (Lipinski definition) is 3. The number of benzene rings is 1. The van der Waals surface area contributed by atoms with Crippen molar-refractivity contribution in [1.29, 1.82) is 5.26 Å². The van der Waals surface area contributed by atoms with Gasteiger partial charge in [0.2, 0.25) is 5.91 Å². The van der Waals surface area contributed by atoms with Gasteiger partial charge >= 0.3 is 0 Å². The van der Waals surface area contributed by atoms with Gasteiger partial charge in [0.15, 0.2) is 0 Å². The van der Waals surface area contributed by atoms with E-state index in [0.717, 1.165) is 5.69 Å². The van der Waals surface area contributed by atoms with Crippen molar-refractivity contribution in [3.8, 4) is 6.07 Å². The maximum atomic E-state index is 11.9. The number of hydrogen-bond donors (Lipinski definition) is 1. The molecule has 0 bridgehead atoms. The van der Waals surface area contributed by atoms with Crippen molar-refractivity contribution < 1.29 is 4.79 Å². The van der Waals surface area contributed by atoms with Gasteiger partial charge in [-0.05, 0) is 30.7 Å². The van der Waals surface area contributed by atoms with Gasteiger partial charge in [0.05, 0.1) is 11.6 Å². The van der Waals surface area contributed by atoms with Gasteiger partial charge in [-0.3, -0.25) is 4.79 Å². The molecule has 4 nitrogen and oxygen atoms in total. The SMILES string of the molecule is CC(CN)CC(=O)N(C)c1cccc(C#N)c1. The predicted octanol–water partition coefficient (Wildman–Crippen LogP) is 1.51. The molecule has 0 aromatic heterocycles. The fraction of sp³-hybridized carbons (Fsp3) is 0.385. The lowest BCUT2D eigenvalue weighted by atomic mass is 10.1. The summed E-state index contributed by atoms with van der Waals surface area (Å²) in [7, 11) is 1.71. The molecule has 17 heavy (non-hydrogen) atoms. The molecule has 1 unspecified atom stereocenters. The van der Waals surface area contributed by atoms with E-state index >= 15 is 0 Å². The van der Waals surface area contributed by atoms with Crippen LogP contribution in [0.3, 0.4) is 0 Å². The summed E-state index contributed by atoms with van der Waals surface area (Å²) >= 11 is 0. The smallest absolute Gasteiger partial charge is 0.227 e. The van der Waals surface area contributed by atoms with Crippen LogP contribution in [0.1, 0.15) is 18.9 Å². The highest BCUT2D eigenvalue weighted by molar-refractivity contribution is 5.93. The minimum atomic E-state index is 0.0121. The van der Waals surface area contributed by atoms with Crippen LogP contribution in [-0.4, -0.2) is 19.5 Å². The molecule has 0 aliphatic rings. The molecule has 0 aliphatic carbocycles. The van der Waals surface area contributed by atoms with Crippen LogP contribution in [0.2, 0.25) is 0 Å². The highest BCUT2D eigenvalue weighted by Gasteiger charge is 2.14. The van der Waals surface area contributed by atoms with Crippen molar-refractivity contribution in [2.24, 2.45) is 11.7 Å². The van der Waals surface area contributed by atoms with Crippen LogP contribution in [0, 0.1) is 17.2 Å². The molecule has 0 fully saturated rings. The van der Waals surface area contributed by atoms with Gasteiger partial charge in [-0.15, -0.1) is 0 Å². The minimum absolute atomic E-state index is 0.0121.